The monoisotopic (exact) mass is 405 g/mol. The summed E-state index contributed by atoms with van der Waals surface area (Å²) in [5.41, 5.74) is 4.12. The molecule has 0 amide bonds. The van der Waals surface area contributed by atoms with Gasteiger partial charge in [-0.05, 0) is 37.7 Å². The first-order chi connectivity index (χ1) is 13.0. The van der Waals surface area contributed by atoms with E-state index in [1.165, 1.54) is 0 Å². The lowest BCUT2D eigenvalue weighted by Gasteiger charge is -2.27. The highest BCUT2D eigenvalue weighted by Crippen LogP contribution is 2.24. The highest BCUT2D eigenvalue weighted by molar-refractivity contribution is 6.40. The third-order valence-corrected chi connectivity index (χ3v) is 3.94. The average molecular weight is 405 g/mol. The van der Waals surface area contributed by atoms with Gasteiger partial charge in [-0.1, -0.05) is 31.0 Å². The van der Waals surface area contributed by atoms with Crippen molar-refractivity contribution < 1.29 is 42.3 Å². The van der Waals surface area contributed by atoms with Crippen LogP contribution in [0.5, 0.6) is 5.75 Å². The smallest absolute Gasteiger partial charge is 0.491 e. The molecule has 0 aliphatic rings. The summed E-state index contributed by atoms with van der Waals surface area (Å²) in [4.78, 5) is 23.0. The van der Waals surface area contributed by atoms with Crippen molar-refractivity contribution in [1.29, 1.82) is 0 Å². The molecule has 1 rings (SSSR count). The van der Waals surface area contributed by atoms with E-state index >= 15 is 0 Å². The van der Waals surface area contributed by atoms with Gasteiger partial charge in [-0.15, -0.1) is 0 Å². The van der Waals surface area contributed by atoms with E-state index < -0.39 is 30.8 Å². The van der Waals surface area contributed by atoms with Gasteiger partial charge in [-0.2, -0.15) is 13.2 Å². The van der Waals surface area contributed by atoms with Crippen LogP contribution in [0.15, 0.2) is 30.3 Å². The number of alkyl halides is 3. The second kappa shape index (κ2) is 11.0. The number of para-hydroxylation sites is 1. The van der Waals surface area contributed by atoms with E-state index in [9.17, 15) is 22.8 Å². The Labute approximate surface area is 160 Å². The van der Waals surface area contributed by atoms with Crippen molar-refractivity contribution in [2.75, 3.05) is 6.61 Å². The first-order valence-electron chi connectivity index (χ1n) is 8.71. The molecule has 156 valence electrons. The molecule has 0 bridgehead atoms. The zero-order chi connectivity index (χ0) is 21.2. The molecule has 11 heteroatoms. The van der Waals surface area contributed by atoms with Crippen LogP contribution in [0.4, 0.5) is 13.2 Å². The van der Waals surface area contributed by atoms with Crippen molar-refractivity contribution in [2.24, 2.45) is 5.73 Å². The normalized spacial score (nSPS) is 13.5. The maximum absolute atomic E-state index is 12.3. The Morgan fingerprint density at radius 2 is 1.61 bits per heavy atom. The van der Waals surface area contributed by atoms with Crippen LogP contribution in [-0.2, 0) is 14.3 Å². The van der Waals surface area contributed by atoms with Crippen molar-refractivity contribution in [3.63, 3.8) is 0 Å². The molecule has 4 N–H and O–H groups in total. The molecule has 0 aliphatic heterocycles. The summed E-state index contributed by atoms with van der Waals surface area (Å²) in [6.45, 7) is 0.152. The van der Waals surface area contributed by atoms with E-state index in [2.05, 4.69) is 4.74 Å². The molecular formula is C17H23BF3NO6. The summed E-state index contributed by atoms with van der Waals surface area (Å²) < 4.78 is 46.4. The number of unbranched alkanes of at least 4 members (excludes halogenated alkanes) is 1. The van der Waals surface area contributed by atoms with Crippen LogP contribution in [-0.4, -0.2) is 47.4 Å². The first kappa shape index (κ1) is 23.9. The summed E-state index contributed by atoms with van der Waals surface area (Å²) in [5.74, 6) is -3.52. The van der Waals surface area contributed by atoms with Gasteiger partial charge in [0.05, 0.1) is 6.61 Å². The van der Waals surface area contributed by atoms with E-state index in [0.29, 0.717) is 5.75 Å². The number of ether oxygens (including phenoxy) is 2. The lowest BCUT2D eigenvalue weighted by Crippen LogP contribution is -2.51. The average Bonchev–Trinajstić information content (AvgIpc) is 2.62. The highest BCUT2D eigenvalue weighted by atomic mass is 19.4. The Morgan fingerprint density at radius 1 is 1.00 bits per heavy atom. The number of esters is 2. The molecule has 0 saturated carbocycles. The van der Waals surface area contributed by atoms with Crippen molar-refractivity contribution in [3.8, 4) is 5.75 Å². The van der Waals surface area contributed by atoms with Gasteiger partial charge in [0.25, 0.3) is 0 Å². The molecule has 0 aromatic heterocycles. The molecule has 1 unspecified atom stereocenters. The van der Waals surface area contributed by atoms with Gasteiger partial charge in [0.15, 0.2) is 0 Å². The van der Waals surface area contributed by atoms with Gasteiger partial charge in [-0.3, -0.25) is 0 Å². The second-order valence-corrected chi connectivity index (χ2v) is 6.32. The van der Waals surface area contributed by atoms with Crippen molar-refractivity contribution in [1.82, 2.24) is 0 Å². The summed E-state index contributed by atoms with van der Waals surface area (Å²) in [7, 11) is -1.54. The largest absolute Gasteiger partial charge is 0.494 e. The number of hydrogen-bond donors (Lipinski definition) is 3. The minimum absolute atomic E-state index is 0.0176. The second-order valence-electron chi connectivity index (χ2n) is 6.32. The summed E-state index contributed by atoms with van der Waals surface area (Å²) in [5, 5.41) is 17.7. The Morgan fingerprint density at radius 3 is 2.18 bits per heavy atom. The minimum atomic E-state index is -5.31. The fourth-order valence-corrected chi connectivity index (χ4v) is 2.43. The number of nitrogens with two attached hydrogens (primary N) is 1. The van der Waals surface area contributed by atoms with Crippen LogP contribution in [0.2, 0.25) is 6.32 Å². The quantitative estimate of drug-likeness (QED) is 0.222. The predicted molar refractivity (Wildman–Crippen MR) is 94.1 cm³/mol. The van der Waals surface area contributed by atoms with Gasteiger partial charge < -0.3 is 25.3 Å². The zero-order valence-corrected chi connectivity index (χ0v) is 15.2. The van der Waals surface area contributed by atoms with Crippen LogP contribution in [0.1, 0.15) is 32.1 Å². The predicted octanol–water partition coefficient (Wildman–Crippen LogP) is 1.82. The molecule has 0 radical (unpaired) electrons. The number of hydrogen-bond acceptors (Lipinski definition) is 7. The number of rotatable bonds is 11. The number of benzene rings is 1. The van der Waals surface area contributed by atoms with Gasteiger partial charge in [0, 0.05) is 0 Å². The van der Waals surface area contributed by atoms with Crippen molar-refractivity contribution in [2.45, 2.75) is 50.1 Å². The first-order valence-corrected chi connectivity index (χ1v) is 8.71. The molecule has 7 nitrogen and oxygen atoms in total. The summed E-state index contributed by atoms with van der Waals surface area (Å²) in [6.07, 6.45) is -4.73. The molecule has 0 spiro atoms. The summed E-state index contributed by atoms with van der Waals surface area (Å²) in [6, 6.07) is 8.75. The molecule has 1 atom stereocenters. The molecule has 0 saturated heterocycles. The number of carbonyl (C=O) groups is 2. The molecule has 0 heterocycles. The molecular weight excluding hydrogens is 382 g/mol. The minimum Gasteiger partial charge on any atom is -0.494 e. The van der Waals surface area contributed by atoms with Crippen LogP contribution >= 0.6 is 0 Å². The van der Waals surface area contributed by atoms with E-state index in [0.717, 1.165) is 0 Å². The van der Waals surface area contributed by atoms with E-state index in [-0.39, 0.29) is 45.0 Å². The Balaban J connectivity index is 2.64. The maximum Gasteiger partial charge on any atom is 0.491 e. The molecule has 0 fully saturated rings. The van der Waals surface area contributed by atoms with E-state index in [1.807, 2.05) is 0 Å². The van der Waals surface area contributed by atoms with Crippen molar-refractivity contribution in [3.05, 3.63) is 30.3 Å². The van der Waals surface area contributed by atoms with Crippen molar-refractivity contribution >= 4 is 19.1 Å². The van der Waals surface area contributed by atoms with Crippen LogP contribution in [0.3, 0.4) is 0 Å². The van der Waals surface area contributed by atoms with E-state index in [1.54, 1.807) is 30.3 Å². The van der Waals surface area contributed by atoms with Crippen LogP contribution in [0.25, 0.3) is 0 Å². The fraction of sp³-hybridized carbons (Fsp3) is 0.529. The number of halogens is 3. The SMILES string of the molecule is NC(CCCCB(O)O)(CCCOc1ccccc1)C(=O)OC(=O)C(F)(F)F. The highest BCUT2D eigenvalue weighted by Gasteiger charge is 2.46. The van der Waals surface area contributed by atoms with Gasteiger partial charge in [0.2, 0.25) is 0 Å². The molecule has 1 aromatic rings. The lowest BCUT2D eigenvalue weighted by atomic mass is 9.81. The Bertz CT molecular complexity index is 629. The standard InChI is InChI=1S/C17H23BF3NO6/c19-17(20,21)15(24)28-14(23)16(22,9-4-5-11-18(25)26)10-6-12-27-13-7-2-1-3-8-13/h1-3,7-8,25-26H,4-6,9-12,22H2. The topological polar surface area (TPSA) is 119 Å². The van der Waals surface area contributed by atoms with Gasteiger partial charge >= 0.3 is 25.2 Å². The van der Waals surface area contributed by atoms with Gasteiger partial charge in [-0.25, -0.2) is 9.59 Å². The molecule has 1 aromatic carbocycles. The van der Waals surface area contributed by atoms with Gasteiger partial charge in [0.1, 0.15) is 11.3 Å². The molecule has 28 heavy (non-hydrogen) atoms. The zero-order valence-electron chi connectivity index (χ0n) is 15.2. The molecule has 0 aliphatic carbocycles. The fourth-order valence-electron chi connectivity index (χ4n) is 2.43. The third kappa shape index (κ3) is 8.72. The number of carbonyl (C=O) groups excluding carboxylic acids is 2. The Kier molecular flexibility index (Phi) is 9.43. The summed E-state index contributed by atoms with van der Waals surface area (Å²) >= 11 is 0. The van der Waals surface area contributed by atoms with Crippen LogP contribution < -0.4 is 10.5 Å². The van der Waals surface area contributed by atoms with Crippen LogP contribution in [0, 0.1) is 0 Å². The Hall–Kier alpha value is -2.11. The van der Waals surface area contributed by atoms with E-state index in [4.69, 9.17) is 20.5 Å². The maximum atomic E-state index is 12.3. The third-order valence-electron chi connectivity index (χ3n) is 3.94. The lowest BCUT2D eigenvalue weighted by molar-refractivity contribution is -0.203.